The number of carbonyl (C=O) groups is 1. The first-order valence-corrected chi connectivity index (χ1v) is 8.52. The van der Waals surface area contributed by atoms with Gasteiger partial charge in [0.05, 0.1) is 17.9 Å². The minimum atomic E-state index is -0.546. The van der Waals surface area contributed by atoms with E-state index in [0.717, 1.165) is 31.6 Å². The Morgan fingerprint density at radius 3 is 2.71 bits per heavy atom. The molecule has 2 rings (SSSR count). The number of piperidine rings is 1. The van der Waals surface area contributed by atoms with Gasteiger partial charge in [0.15, 0.2) is 0 Å². The van der Waals surface area contributed by atoms with Gasteiger partial charge in [-0.15, -0.1) is 0 Å². The third-order valence-corrected chi connectivity index (χ3v) is 4.28. The Hall–Kier alpha value is -2.26. The number of likely N-dealkylation sites (tertiary alicyclic amines) is 1. The Morgan fingerprint density at radius 1 is 1.42 bits per heavy atom. The molecule has 1 amide bonds. The highest BCUT2D eigenvalue weighted by atomic mass is 16.5. The van der Waals surface area contributed by atoms with Gasteiger partial charge in [-0.05, 0) is 51.8 Å². The SMILES string of the molecule is CCOC(=O)Nc1ccc(NC2CCN(C(C)C)CC2)cc1C#N. The van der Waals surface area contributed by atoms with E-state index in [2.05, 4.69) is 35.5 Å². The second kappa shape index (κ2) is 8.55. The van der Waals surface area contributed by atoms with Gasteiger partial charge in [0.1, 0.15) is 6.07 Å². The average Bonchev–Trinajstić information content (AvgIpc) is 2.57. The molecule has 6 heteroatoms. The maximum Gasteiger partial charge on any atom is 0.411 e. The molecule has 0 spiro atoms. The van der Waals surface area contributed by atoms with E-state index in [1.54, 1.807) is 19.1 Å². The Labute approximate surface area is 143 Å². The number of benzene rings is 1. The number of rotatable bonds is 5. The van der Waals surface area contributed by atoms with E-state index in [9.17, 15) is 10.1 Å². The lowest BCUT2D eigenvalue weighted by atomic mass is 10.0. The fourth-order valence-electron chi connectivity index (χ4n) is 2.91. The summed E-state index contributed by atoms with van der Waals surface area (Å²) in [4.78, 5) is 14.0. The molecule has 0 atom stereocenters. The zero-order chi connectivity index (χ0) is 17.5. The zero-order valence-corrected chi connectivity index (χ0v) is 14.6. The number of carbonyl (C=O) groups excluding carboxylic acids is 1. The maximum absolute atomic E-state index is 11.5. The van der Waals surface area contributed by atoms with Crippen LogP contribution in [0.15, 0.2) is 18.2 Å². The number of hydrogen-bond acceptors (Lipinski definition) is 5. The van der Waals surface area contributed by atoms with Crippen LogP contribution in [0.1, 0.15) is 39.2 Å². The van der Waals surface area contributed by atoms with Gasteiger partial charge in [-0.1, -0.05) is 0 Å². The number of nitrogens with one attached hydrogen (secondary N) is 2. The van der Waals surface area contributed by atoms with Crippen LogP contribution in [0.3, 0.4) is 0 Å². The molecule has 0 aliphatic carbocycles. The van der Waals surface area contributed by atoms with Gasteiger partial charge >= 0.3 is 6.09 Å². The summed E-state index contributed by atoms with van der Waals surface area (Å²) in [6.07, 6.45) is 1.63. The van der Waals surface area contributed by atoms with Gasteiger partial charge in [0, 0.05) is 30.9 Å². The molecule has 1 aliphatic heterocycles. The van der Waals surface area contributed by atoms with Crippen molar-refractivity contribution in [2.75, 3.05) is 30.3 Å². The molecule has 1 heterocycles. The predicted octanol–water partition coefficient (Wildman–Crippen LogP) is 3.41. The standard InChI is InChI=1S/C18H26N4O2/c1-4-24-18(23)21-17-6-5-16(11-14(17)12-19)20-15-7-9-22(10-8-15)13(2)3/h5-6,11,13,15,20H,4,7-10H2,1-3H3,(H,21,23). The number of anilines is 2. The van der Waals surface area contributed by atoms with Crippen LogP contribution in [-0.4, -0.2) is 42.8 Å². The summed E-state index contributed by atoms with van der Waals surface area (Å²) in [7, 11) is 0. The van der Waals surface area contributed by atoms with Crippen LogP contribution < -0.4 is 10.6 Å². The topological polar surface area (TPSA) is 77.4 Å². The van der Waals surface area contributed by atoms with Crippen molar-refractivity contribution in [2.24, 2.45) is 0 Å². The lowest BCUT2D eigenvalue weighted by molar-refractivity contribution is 0.168. The second-order valence-corrected chi connectivity index (χ2v) is 6.27. The third-order valence-electron chi connectivity index (χ3n) is 4.28. The van der Waals surface area contributed by atoms with Crippen LogP contribution in [0.2, 0.25) is 0 Å². The maximum atomic E-state index is 11.5. The highest BCUT2D eigenvalue weighted by molar-refractivity contribution is 5.87. The molecule has 130 valence electrons. The first kappa shape index (κ1) is 18.1. The van der Waals surface area contributed by atoms with Crippen molar-refractivity contribution < 1.29 is 9.53 Å². The molecule has 0 aromatic heterocycles. The molecule has 1 aliphatic rings. The van der Waals surface area contributed by atoms with Crippen LogP contribution in [0.4, 0.5) is 16.2 Å². The Balaban J connectivity index is 1.97. The van der Waals surface area contributed by atoms with E-state index in [1.165, 1.54) is 0 Å². The summed E-state index contributed by atoms with van der Waals surface area (Å²) in [6, 6.07) is 8.52. The summed E-state index contributed by atoms with van der Waals surface area (Å²) >= 11 is 0. The quantitative estimate of drug-likeness (QED) is 0.865. The van der Waals surface area contributed by atoms with E-state index >= 15 is 0 Å². The van der Waals surface area contributed by atoms with E-state index < -0.39 is 6.09 Å². The zero-order valence-electron chi connectivity index (χ0n) is 14.6. The fourth-order valence-corrected chi connectivity index (χ4v) is 2.91. The normalized spacial score (nSPS) is 15.8. The van der Waals surface area contributed by atoms with Gasteiger partial charge < -0.3 is 15.0 Å². The third kappa shape index (κ3) is 4.87. The van der Waals surface area contributed by atoms with E-state index in [-0.39, 0.29) is 0 Å². The number of nitriles is 1. The molecule has 1 aromatic carbocycles. The summed E-state index contributed by atoms with van der Waals surface area (Å²) in [5.74, 6) is 0. The molecule has 0 radical (unpaired) electrons. The molecule has 0 saturated carbocycles. The van der Waals surface area contributed by atoms with Crippen molar-refractivity contribution >= 4 is 17.5 Å². The summed E-state index contributed by atoms with van der Waals surface area (Å²) in [6.45, 7) is 8.65. The Kier molecular flexibility index (Phi) is 6.44. The predicted molar refractivity (Wildman–Crippen MR) is 95.2 cm³/mol. The van der Waals surface area contributed by atoms with Gasteiger partial charge in [0.2, 0.25) is 0 Å². The molecule has 1 aromatic rings. The summed E-state index contributed by atoms with van der Waals surface area (Å²) in [5.41, 5.74) is 1.80. The molecule has 0 bridgehead atoms. The van der Waals surface area contributed by atoms with E-state index in [0.29, 0.717) is 29.9 Å². The van der Waals surface area contributed by atoms with Crippen LogP contribution in [-0.2, 0) is 4.74 Å². The Morgan fingerprint density at radius 2 is 2.12 bits per heavy atom. The molecular weight excluding hydrogens is 304 g/mol. The first-order chi connectivity index (χ1) is 11.5. The largest absolute Gasteiger partial charge is 0.450 e. The van der Waals surface area contributed by atoms with Gasteiger partial charge in [0.25, 0.3) is 0 Å². The van der Waals surface area contributed by atoms with Gasteiger partial charge in [-0.2, -0.15) is 5.26 Å². The van der Waals surface area contributed by atoms with Crippen molar-refractivity contribution in [1.29, 1.82) is 5.26 Å². The molecule has 1 saturated heterocycles. The number of ether oxygens (including phenoxy) is 1. The molecule has 0 unspecified atom stereocenters. The number of nitrogens with zero attached hydrogens (tertiary/aromatic N) is 2. The highest BCUT2D eigenvalue weighted by Gasteiger charge is 2.20. The average molecular weight is 330 g/mol. The monoisotopic (exact) mass is 330 g/mol. The van der Waals surface area contributed by atoms with Gasteiger partial charge in [-0.3, -0.25) is 5.32 Å². The van der Waals surface area contributed by atoms with Crippen molar-refractivity contribution in [3.63, 3.8) is 0 Å². The smallest absolute Gasteiger partial charge is 0.411 e. The first-order valence-electron chi connectivity index (χ1n) is 8.52. The van der Waals surface area contributed by atoms with Crippen molar-refractivity contribution in [1.82, 2.24) is 4.90 Å². The van der Waals surface area contributed by atoms with Crippen LogP contribution in [0, 0.1) is 11.3 Å². The lowest BCUT2D eigenvalue weighted by Crippen LogP contribution is -2.42. The van der Waals surface area contributed by atoms with E-state index in [1.807, 2.05) is 6.07 Å². The summed E-state index contributed by atoms with van der Waals surface area (Å²) in [5, 5.41) is 15.4. The molecular formula is C18H26N4O2. The number of amides is 1. The van der Waals surface area contributed by atoms with Crippen LogP contribution in [0.25, 0.3) is 0 Å². The minimum Gasteiger partial charge on any atom is -0.450 e. The molecule has 6 nitrogen and oxygen atoms in total. The van der Waals surface area contributed by atoms with Crippen molar-refractivity contribution in [3.8, 4) is 6.07 Å². The van der Waals surface area contributed by atoms with E-state index in [4.69, 9.17) is 4.74 Å². The molecule has 1 fully saturated rings. The fraction of sp³-hybridized carbons (Fsp3) is 0.556. The van der Waals surface area contributed by atoms with Gasteiger partial charge in [-0.25, -0.2) is 4.79 Å². The minimum absolute atomic E-state index is 0.294. The lowest BCUT2D eigenvalue weighted by Gasteiger charge is -2.35. The molecule has 24 heavy (non-hydrogen) atoms. The second-order valence-electron chi connectivity index (χ2n) is 6.27. The Bertz CT molecular complexity index is 602. The highest BCUT2D eigenvalue weighted by Crippen LogP contribution is 2.23. The molecule has 2 N–H and O–H groups in total. The summed E-state index contributed by atoms with van der Waals surface area (Å²) < 4.78 is 4.85. The number of hydrogen-bond donors (Lipinski definition) is 2. The van der Waals surface area contributed by atoms with Crippen LogP contribution >= 0.6 is 0 Å². The van der Waals surface area contributed by atoms with Crippen LogP contribution in [0.5, 0.6) is 0 Å². The van der Waals surface area contributed by atoms with Crippen molar-refractivity contribution in [3.05, 3.63) is 23.8 Å². The van der Waals surface area contributed by atoms with Crippen molar-refractivity contribution in [2.45, 2.75) is 45.7 Å².